The fourth-order valence-corrected chi connectivity index (χ4v) is 6.22. The number of carbonyl (C=O) groups is 2. The van der Waals surface area contributed by atoms with Crippen LogP contribution in [0.5, 0.6) is 0 Å². The smallest absolute Gasteiger partial charge is 0.303 e. The number of allylic oxidation sites excluding steroid dienone is 4. The number of nitrogens with one attached hydrogen (secondary N) is 2. The number of aromatic amines is 2. The van der Waals surface area contributed by atoms with E-state index in [1.807, 2.05) is 26.0 Å². The van der Waals surface area contributed by atoms with Gasteiger partial charge >= 0.3 is 11.9 Å². The zero-order valence-corrected chi connectivity index (χ0v) is 26.5. The van der Waals surface area contributed by atoms with Crippen LogP contribution in [0, 0.1) is 13.8 Å². The Balaban J connectivity index is 0.00000423. The molecule has 0 aromatic carbocycles. The number of fused-ring (bicyclic) bond motifs is 8. The van der Waals surface area contributed by atoms with Crippen LogP contribution in [0.3, 0.4) is 0 Å². The van der Waals surface area contributed by atoms with E-state index in [9.17, 15) is 19.8 Å². The molecule has 2 aliphatic rings. The molecule has 43 heavy (non-hydrogen) atoms. The first-order valence-corrected chi connectivity index (χ1v) is 14.6. The van der Waals surface area contributed by atoms with E-state index in [1.54, 1.807) is 0 Å². The summed E-state index contributed by atoms with van der Waals surface area (Å²) in [7, 11) is 0. The molecule has 228 valence electrons. The van der Waals surface area contributed by atoms with Gasteiger partial charge in [-0.2, -0.15) is 0 Å². The van der Waals surface area contributed by atoms with Gasteiger partial charge in [0.1, 0.15) is 0 Å². The van der Waals surface area contributed by atoms with E-state index >= 15 is 0 Å². The van der Waals surface area contributed by atoms with Gasteiger partial charge in [-0.1, -0.05) is 13.8 Å². The van der Waals surface area contributed by atoms with Gasteiger partial charge in [0, 0.05) is 51.4 Å². The van der Waals surface area contributed by atoms with Crippen LogP contribution in [-0.4, -0.2) is 42.1 Å². The predicted octanol–water partition coefficient (Wildman–Crippen LogP) is 7.64. The Morgan fingerprint density at radius 2 is 1.07 bits per heavy atom. The SMILES string of the molecule is CCC1=C(C)c2cc3[nH]c(cc4nc(cc5[nH]c(cc1n2)c(C)c5CCC(=O)O)C(CCC(=O)O)=C4C)c(C)c3CC.[Ni]. The number of hydrogen-bond acceptors (Lipinski definition) is 4. The Hall–Kier alpha value is -3.97. The van der Waals surface area contributed by atoms with Crippen molar-refractivity contribution < 1.29 is 36.3 Å². The molecule has 8 nitrogen and oxygen atoms in total. The molecule has 0 fully saturated rings. The molecule has 0 radical (unpaired) electrons. The van der Waals surface area contributed by atoms with Gasteiger partial charge in [-0.3, -0.25) is 9.59 Å². The summed E-state index contributed by atoms with van der Waals surface area (Å²) in [6.07, 6.45) is 2.39. The van der Waals surface area contributed by atoms with E-state index in [4.69, 9.17) is 9.97 Å². The molecule has 4 N–H and O–H groups in total. The first-order valence-electron chi connectivity index (χ1n) is 14.6. The van der Waals surface area contributed by atoms with Gasteiger partial charge in [0.15, 0.2) is 0 Å². The molecule has 3 aromatic heterocycles. The van der Waals surface area contributed by atoms with Crippen molar-refractivity contribution >= 4 is 56.3 Å². The number of hydrogen-bond donors (Lipinski definition) is 4. The van der Waals surface area contributed by atoms with Gasteiger partial charge in [-0.25, -0.2) is 9.97 Å². The summed E-state index contributed by atoms with van der Waals surface area (Å²) in [6, 6.07) is 8.19. The molecular formula is C34H38N4NiO4. The minimum atomic E-state index is -0.864. The fourth-order valence-electron chi connectivity index (χ4n) is 6.22. The number of H-pyrrole nitrogens is 2. The van der Waals surface area contributed by atoms with Crippen molar-refractivity contribution in [1.82, 2.24) is 19.9 Å². The van der Waals surface area contributed by atoms with Crippen LogP contribution < -0.4 is 0 Å². The molecule has 5 heterocycles. The zero-order valence-electron chi connectivity index (χ0n) is 25.5. The number of aliphatic carboxylic acids is 2. The number of aryl methyl sites for hydroxylation is 4. The third-order valence-electron chi connectivity index (χ3n) is 8.69. The van der Waals surface area contributed by atoms with E-state index in [0.717, 1.165) is 85.4 Å². The van der Waals surface area contributed by atoms with Crippen LogP contribution >= 0.6 is 0 Å². The van der Waals surface area contributed by atoms with Gasteiger partial charge in [0.2, 0.25) is 0 Å². The average molecular weight is 625 g/mol. The molecule has 8 bridgehead atoms. The van der Waals surface area contributed by atoms with E-state index in [0.29, 0.717) is 18.5 Å². The number of nitrogens with zero attached hydrogens (tertiary/aromatic N) is 2. The van der Waals surface area contributed by atoms with Gasteiger partial charge < -0.3 is 20.2 Å². The monoisotopic (exact) mass is 624 g/mol. The van der Waals surface area contributed by atoms with Crippen molar-refractivity contribution in [3.8, 4) is 0 Å². The maximum Gasteiger partial charge on any atom is 0.303 e. The summed E-state index contributed by atoms with van der Waals surface area (Å²) in [5, 5.41) is 18.9. The standard InChI is InChI=1S/C34H38N4O4.Ni/c1-7-21-17(3)25-13-26-19(5)23(9-11-33(39)40)31(37-26)16-32-24(10-12-34(41)42)20(6)28(38-32)15-30-22(8-2)18(4)27(36-30)14-29(21)35-25;/h13-16,35,38H,7-12H2,1-6H3,(H,39,40)(H,41,42);. The summed E-state index contributed by atoms with van der Waals surface area (Å²) >= 11 is 0. The number of aromatic nitrogens is 4. The van der Waals surface area contributed by atoms with Crippen molar-refractivity contribution in [1.29, 1.82) is 0 Å². The number of rotatable bonds is 8. The van der Waals surface area contributed by atoms with E-state index in [1.165, 1.54) is 11.1 Å². The molecule has 0 atom stereocenters. The predicted molar refractivity (Wildman–Crippen MR) is 168 cm³/mol. The molecule has 0 spiro atoms. The molecule has 0 saturated carbocycles. The first kappa shape index (κ1) is 32.0. The quantitative estimate of drug-likeness (QED) is 0.190. The minimum Gasteiger partial charge on any atom is -0.481 e. The Labute approximate surface area is 261 Å². The second kappa shape index (κ2) is 12.7. The summed E-state index contributed by atoms with van der Waals surface area (Å²) < 4.78 is 0. The summed E-state index contributed by atoms with van der Waals surface area (Å²) in [5.41, 5.74) is 15.4. The van der Waals surface area contributed by atoms with Crippen LogP contribution in [-0.2, 0) is 38.9 Å². The molecule has 5 rings (SSSR count). The van der Waals surface area contributed by atoms with Gasteiger partial charge in [-0.15, -0.1) is 0 Å². The zero-order chi connectivity index (χ0) is 30.3. The maximum absolute atomic E-state index is 11.5. The second-order valence-electron chi connectivity index (χ2n) is 11.2. The van der Waals surface area contributed by atoms with Crippen molar-refractivity contribution in [3.63, 3.8) is 0 Å². The molecular weight excluding hydrogens is 587 g/mol. The van der Waals surface area contributed by atoms with Crippen LogP contribution in [0.2, 0.25) is 0 Å². The van der Waals surface area contributed by atoms with E-state index < -0.39 is 11.9 Å². The van der Waals surface area contributed by atoms with Gasteiger partial charge in [0.05, 0.1) is 22.8 Å². The molecule has 2 aliphatic heterocycles. The van der Waals surface area contributed by atoms with Crippen molar-refractivity contribution in [2.75, 3.05) is 0 Å². The fraction of sp³-hybridized carbons (Fsp3) is 0.353. The largest absolute Gasteiger partial charge is 0.481 e. The Bertz CT molecular complexity index is 1860. The summed E-state index contributed by atoms with van der Waals surface area (Å²) in [4.78, 5) is 40.3. The molecule has 0 aliphatic carbocycles. The third-order valence-corrected chi connectivity index (χ3v) is 8.69. The normalized spacial score (nSPS) is 13.0. The van der Waals surface area contributed by atoms with Crippen LogP contribution in [0.15, 0.2) is 24.3 Å². The van der Waals surface area contributed by atoms with Gasteiger partial charge in [0.25, 0.3) is 0 Å². The average Bonchev–Trinajstić information content (AvgIpc) is 3.59. The number of carboxylic acids is 2. The number of carboxylic acid groups (broad SMARTS) is 2. The molecule has 9 heteroatoms. The summed E-state index contributed by atoms with van der Waals surface area (Å²) in [5.74, 6) is -1.72. The molecule has 0 unspecified atom stereocenters. The Morgan fingerprint density at radius 3 is 1.63 bits per heavy atom. The van der Waals surface area contributed by atoms with E-state index in [2.05, 4.69) is 49.8 Å². The van der Waals surface area contributed by atoms with Crippen LogP contribution in [0.25, 0.3) is 44.4 Å². The van der Waals surface area contributed by atoms with Crippen molar-refractivity contribution in [2.45, 2.75) is 80.1 Å². The molecule has 3 aromatic rings. The first-order chi connectivity index (χ1) is 20.0. The van der Waals surface area contributed by atoms with Gasteiger partial charge in [-0.05, 0) is 122 Å². The maximum atomic E-state index is 11.5. The second-order valence-corrected chi connectivity index (χ2v) is 11.2. The Kier molecular flexibility index (Phi) is 9.45. The van der Waals surface area contributed by atoms with Crippen LogP contribution in [0.1, 0.15) is 98.4 Å². The van der Waals surface area contributed by atoms with E-state index in [-0.39, 0.29) is 29.3 Å². The third kappa shape index (κ3) is 6.09. The minimum absolute atomic E-state index is 0. The summed E-state index contributed by atoms with van der Waals surface area (Å²) in [6.45, 7) is 12.5. The van der Waals surface area contributed by atoms with Crippen molar-refractivity contribution in [2.24, 2.45) is 0 Å². The molecule has 0 amide bonds. The topological polar surface area (TPSA) is 132 Å². The Morgan fingerprint density at radius 1 is 0.628 bits per heavy atom. The van der Waals surface area contributed by atoms with Crippen LogP contribution in [0.4, 0.5) is 0 Å². The molecule has 0 saturated heterocycles. The van der Waals surface area contributed by atoms with Crippen molar-refractivity contribution in [3.05, 3.63) is 69.3 Å².